The molecule has 0 aromatic heterocycles. The Labute approximate surface area is 92.3 Å². The molecule has 4 heteroatoms. The zero-order chi connectivity index (χ0) is 12.1. The molecule has 2 unspecified atom stereocenters. The minimum Gasteiger partial charge on any atom is -0.469 e. The molecule has 4 nitrogen and oxygen atoms in total. The third-order valence-corrected chi connectivity index (χ3v) is 2.73. The number of nitrogens with one attached hydrogen (secondary N) is 1. The van der Waals surface area contributed by atoms with Crippen LogP contribution in [0.2, 0.25) is 0 Å². The quantitative estimate of drug-likeness (QED) is 0.679. The predicted molar refractivity (Wildman–Crippen MR) is 59.7 cm³/mol. The molecule has 90 valence electrons. The molecule has 0 heterocycles. The number of esters is 1. The SMILES string of the molecule is COC(=O)C(C)C(C)NCC(C)(C)OC. The van der Waals surface area contributed by atoms with Crippen molar-refractivity contribution in [2.75, 3.05) is 20.8 Å². The maximum absolute atomic E-state index is 11.3. The zero-order valence-electron chi connectivity index (χ0n) is 10.6. The molecular weight excluding hydrogens is 194 g/mol. The van der Waals surface area contributed by atoms with Gasteiger partial charge >= 0.3 is 5.97 Å². The van der Waals surface area contributed by atoms with Gasteiger partial charge in [0, 0.05) is 19.7 Å². The fourth-order valence-corrected chi connectivity index (χ4v) is 1.05. The summed E-state index contributed by atoms with van der Waals surface area (Å²) in [6.45, 7) is 8.51. The molecule has 0 saturated carbocycles. The van der Waals surface area contributed by atoms with E-state index in [0.29, 0.717) is 6.54 Å². The lowest BCUT2D eigenvalue weighted by Crippen LogP contribution is -2.44. The second-order valence-corrected chi connectivity index (χ2v) is 4.45. The van der Waals surface area contributed by atoms with E-state index >= 15 is 0 Å². The average Bonchev–Trinajstić information content (AvgIpc) is 2.23. The highest BCUT2D eigenvalue weighted by atomic mass is 16.5. The molecule has 0 bridgehead atoms. The van der Waals surface area contributed by atoms with E-state index in [1.165, 1.54) is 7.11 Å². The van der Waals surface area contributed by atoms with Crippen LogP contribution in [0.5, 0.6) is 0 Å². The number of carbonyl (C=O) groups excluding carboxylic acids is 1. The van der Waals surface area contributed by atoms with Crippen LogP contribution in [0, 0.1) is 5.92 Å². The van der Waals surface area contributed by atoms with E-state index in [0.717, 1.165) is 0 Å². The van der Waals surface area contributed by atoms with Gasteiger partial charge in [-0.25, -0.2) is 0 Å². The van der Waals surface area contributed by atoms with Crippen LogP contribution < -0.4 is 5.32 Å². The van der Waals surface area contributed by atoms with Crippen LogP contribution in [0.1, 0.15) is 27.7 Å². The maximum Gasteiger partial charge on any atom is 0.309 e. The number of rotatable bonds is 6. The van der Waals surface area contributed by atoms with E-state index in [4.69, 9.17) is 4.74 Å². The van der Waals surface area contributed by atoms with Crippen molar-refractivity contribution in [2.45, 2.75) is 39.3 Å². The van der Waals surface area contributed by atoms with Crippen molar-refractivity contribution in [2.24, 2.45) is 5.92 Å². The van der Waals surface area contributed by atoms with Crippen LogP contribution in [0.15, 0.2) is 0 Å². The van der Waals surface area contributed by atoms with Gasteiger partial charge in [-0.15, -0.1) is 0 Å². The summed E-state index contributed by atoms with van der Waals surface area (Å²) in [5, 5.41) is 3.26. The Hall–Kier alpha value is -0.610. The van der Waals surface area contributed by atoms with Crippen LogP contribution in [0.25, 0.3) is 0 Å². The van der Waals surface area contributed by atoms with Crippen molar-refractivity contribution in [3.8, 4) is 0 Å². The zero-order valence-corrected chi connectivity index (χ0v) is 10.6. The Morgan fingerprint density at radius 1 is 1.33 bits per heavy atom. The fourth-order valence-electron chi connectivity index (χ4n) is 1.05. The van der Waals surface area contributed by atoms with Gasteiger partial charge < -0.3 is 14.8 Å². The second kappa shape index (κ2) is 6.08. The highest BCUT2D eigenvalue weighted by Gasteiger charge is 2.23. The first-order valence-electron chi connectivity index (χ1n) is 5.20. The monoisotopic (exact) mass is 217 g/mol. The number of methoxy groups -OCH3 is 2. The molecule has 1 N–H and O–H groups in total. The van der Waals surface area contributed by atoms with Gasteiger partial charge in [0.15, 0.2) is 0 Å². The Bertz CT molecular complexity index is 204. The van der Waals surface area contributed by atoms with E-state index in [2.05, 4.69) is 10.1 Å². The minimum absolute atomic E-state index is 0.0758. The largest absolute Gasteiger partial charge is 0.469 e. The van der Waals surface area contributed by atoms with E-state index in [9.17, 15) is 4.79 Å². The van der Waals surface area contributed by atoms with Crippen LogP contribution in [-0.4, -0.2) is 38.4 Å². The lowest BCUT2D eigenvalue weighted by Gasteiger charge is -2.27. The Kier molecular flexibility index (Phi) is 5.83. The van der Waals surface area contributed by atoms with E-state index in [1.807, 2.05) is 27.7 Å². The van der Waals surface area contributed by atoms with Gasteiger partial charge in [-0.2, -0.15) is 0 Å². The number of carbonyl (C=O) groups is 1. The van der Waals surface area contributed by atoms with Crippen molar-refractivity contribution < 1.29 is 14.3 Å². The summed E-state index contributed by atoms with van der Waals surface area (Å²) in [7, 11) is 3.08. The lowest BCUT2D eigenvalue weighted by molar-refractivity contribution is -0.145. The summed E-state index contributed by atoms with van der Waals surface area (Å²) in [4.78, 5) is 11.3. The molecule has 0 aliphatic carbocycles. The van der Waals surface area contributed by atoms with Gasteiger partial charge in [0.05, 0.1) is 18.6 Å². The maximum atomic E-state index is 11.3. The molecule has 0 amide bonds. The molecule has 15 heavy (non-hydrogen) atoms. The fraction of sp³-hybridized carbons (Fsp3) is 0.909. The van der Waals surface area contributed by atoms with Gasteiger partial charge in [-0.05, 0) is 20.8 Å². The number of hydrogen-bond donors (Lipinski definition) is 1. The highest BCUT2D eigenvalue weighted by Crippen LogP contribution is 2.09. The molecule has 0 aromatic carbocycles. The smallest absolute Gasteiger partial charge is 0.309 e. The van der Waals surface area contributed by atoms with E-state index in [-0.39, 0.29) is 23.5 Å². The summed E-state index contributed by atoms with van der Waals surface area (Å²) >= 11 is 0. The molecule has 0 aromatic rings. The highest BCUT2D eigenvalue weighted by molar-refractivity contribution is 5.72. The minimum atomic E-state index is -0.218. The van der Waals surface area contributed by atoms with Crippen LogP contribution in [0.3, 0.4) is 0 Å². The second-order valence-electron chi connectivity index (χ2n) is 4.45. The Morgan fingerprint density at radius 3 is 2.27 bits per heavy atom. The molecular formula is C11H23NO3. The van der Waals surface area contributed by atoms with Crippen LogP contribution >= 0.6 is 0 Å². The predicted octanol–water partition coefficient (Wildman–Crippen LogP) is 1.20. The number of hydrogen-bond acceptors (Lipinski definition) is 4. The molecule has 0 radical (unpaired) electrons. The lowest BCUT2D eigenvalue weighted by atomic mass is 10.0. The van der Waals surface area contributed by atoms with Crippen molar-refractivity contribution in [1.29, 1.82) is 0 Å². The molecule has 2 atom stereocenters. The molecule has 0 rings (SSSR count). The first-order valence-corrected chi connectivity index (χ1v) is 5.20. The summed E-state index contributed by atoms with van der Waals surface area (Å²) in [6.07, 6.45) is 0. The Balaban J connectivity index is 4.03. The first kappa shape index (κ1) is 14.4. The first-order chi connectivity index (χ1) is 6.84. The molecule has 0 saturated heterocycles. The van der Waals surface area contributed by atoms with Crippen molar-refractivity contribution in [1.82, 2.24) is 5.32 Å². The summed E-state index contributed by atoms with van der Waals surface area (Å²) in [5.74, 6) is -0.340. The van der Waals surface area contributed by atoms with Gasteiger partial charge in [-0.3, -0.25) is 4.79 Å². The van der Waals surface area contributed by atoms with Crippen molar-refractivity contribution in [3.63, 3.8) is 0 Å². The summed E-state index contributed by atoms with van der Waals surface area (Å²) < 4.78 is 9.96. The van der Waals surface area contributed by atoms with Gasteiger partial charge in [0.25, 0.3) is 0 Å². The normalized spacial score (nSPS) is 15.9. The van der Waals surface area contributed by atoms with E-state index in [1.54, 1.807) is 7.11 Å². The standard InChI is InChI=1S/C11H23NO3/c1-8(10(13)14-5)9(2)12-7-11(3,4)15-6/h8-9,12H,7H2,1-6H3. The van der Waals surface area contributed by atoms with Crippen LogP contribution in [-0.2, 0) is 14.3 Å². The third kappa shape index (κ3) is 5.14. The molecule has 0 aliphatic heterocycles. The topological polar surface area (TPSA) is 47.6 Å². The summed E-state index contributed by atoms with van der Waals surface area (Å²) in [6, 6.07) is 0.0758. The molecule has 0 spiro atoms. The Morgan fingerprint density at radius 2 is 1.87 bits per heavy atom. The average molecular weight is 217 g/mol. The van der Waals surface area contributed by atoms with Gasteiger partial charge in [0.1, 0.15) is 0 Å². The number of ether oxygens (including phenoxy) is 2. The molecule has 0 aliphatic rings. The van der Waals surface area contributed by atoms with Gasteiger partial charge in [-0.1, -0.05) is 6.92 Å². The summed E-state index contributed by atoms with van der Waals surface area (Å²) in [5.41, 5.74) is -0.218. The van der Waals surface area contributed by atoms with Crippen LogP contribution in [0.4, 0.5) is 0 Å². The molecule has 0 fully saturated rings. The van der Waals surface area contributed by atoms with Gasteiger partial charge in [0.2, 0.25) is 0 Å². The van der Waals surface area contributed by atoms with Crippen molar-refractivity contribution in [3.05, 3.63) is 0 Å². The van der Waals surface area contributed by atoms with E-state index < -0.39 is 0 Å². The van der Waals surface area contributed by atoms with Crippen molar-refractivity contribution >= 4 is 5.97 Å². The third-order valence-electron chi connectivity index (χ3n) is 2.73.